The average Bonchev–Trinajstić information content (AvgIpc) is 2.97. The number of thiocarbonyl (C=S) groups is 1. The summed E-state index contributed by atoms with van der Waals surface area (Å²) >= 11 is 5.19. The van der Waals surface area contributed by atoms with E-state index in [4.69, 9.17) is 21.7 Å². The van der Waals surface area contributed by atoms with Gasteiger partial charge in [0.1, 0.15) is 5.82 Å². The first-order valence-corrected chi connectivity index (χ1v) is 8.51. The summed E-state index contributed by atoms with van der Waals surface area (Å²) in [4.78, 5) is 0. The van der Waals surface area contributed by atoms with Crippen molar-refractivity contribution in [3.05, 3.63) is 35.6 Å². The van der Waals surface area contributed by atoms with Crippen LogP contribution in [0.5, 0.6) is 0 Å². The molecule has 1 aliphatic heterocycles. The maximum absolute atomic E-state index is 13.1. The largest absolute Gasteiger partial charge is 0.363 e. The lowest BCUT2D eigenvalue weighted by molar-refractivity contribution is -0.171. The number of unbranched alkanes of at least 4 members (excludes halogenated alkanes) is 1. The maximum atomic E-state index is 13.1. The molecular weight excluding hydrogens is 315 g/mol. The minimum atomic E-state index is -0.732. The van der Waals surface area contributed by atoms with Gasteiger partial charge in [-0.3, -0.25) is 0 Å². The predicted molar refractivity (Wildman–Crippen MR) is 92.7 cm³/mol. The molecule has 2 rings (SSSR count). The molecule has 128 valence electrons. The van der Waals surface area contributed by atoms with Crippen LogP contribution in [0.1, 0.15) is 38.7 Å². The topological polar surface area (TPSA) is 42.5 Å². The molecule has 1 aromatic carbocycles. The fourth-order valence-corrected chi connectivity index (χ4v) is 2.95. The SMILES string of the molecule is CC(C)NC(=S)NCCCCC1(c2ccc(F)cc2)OCCO1. The van der Waals surface area contributed by atoms with Crippen LogP contribution in [0, 0.1) is 5.82 Å². The van der Waals surface area contributed by atoms with Gasteiger partial charge in [0.05, 0.1) is 13.2 Å². The van der Waals surface area contributed by atoms with E-state index in [0.717, 1.165) is 31.4 Å². The van der Waals surface area contributed by atoms with E-state index in [1.54, 1.807) is 12.1 Å². The third kappa shape index (κ3) is 5.41. The Morgan fingerprint density at radius 1 is 1.22 bits per heavy atom. The Labute approximate surface area is 142 Å². The summed E-state index contributed by atoms with van der Waals surface area (Å²) in [6.45, 7) is 6.04. The number of hydrogen-bond acceptors (Lipinski definition) is 3. The van der Waals surface area contributed by atoms with Crippen molar-refractivity contribution in [2.75, 3.05) is 19.8 Å². The molecule has 4 nitrogen and oxygen atoms in total. The first kappa shape index (κ1) is 18.1. The molecule has 1 heterocycles. The highest BCUT2D eigenvalue weighted by Crippen LogP contribution is 2.36. The van der Waals surface area contributed by atoms with Crippen molar-refractivity contribution in [1.29, 1.82) is 0 Å². The summed E-state index contributed by atoms with van der Waals surface area (Å²) in [7, 11) is 0. The molecular formula is C17H25FN2O2S. The summed E-state index contributed by atoms with van der Waals surface area (Å²) < 4.78 is 24.8. The molecule has 1 saturated heterocycles. The fraction of sp³-hybridized carbons (Fsp3) is 0.588. The second-order valence-electron chi connectivity index (χ2n) is 5.97. The number of benzene rings is 1. The molecule has 0 aliphatic carbocycles. The Morgan fingerprint density at radius 2 is 1.87 bits per heavy atom. The molecule has 6 heteroatoms. The number of hydrogen-bond donors (Lipinski definition) is 2. The van der Waals surface area contributed by atoms with Crippen LogP contribution in [-0.4, -0.2) is 30.9 Å². The van der Waals surface area contributed by atoms with Crippen molar-refractivity contribution in [1.82, 2.24) is 10.6 Å². The van der Waals surface area contributed by atoms with Gasteiger partial charge < -0.3 is 20.1 Å². The highest BCUT2D eigenvalue weighted by atomic mass is 32.1. The van der Waals surface area contributed by atoms with Gasteiger partial charge >= 0.3 is 0 Å². The van der Waals surface area contributed by atoms with E-state index in [9.17, 15) is 4.39 Å². The van der Waals surface area contributed by atoms with Gasteiger partial charge in [0.2, 0.25) is 0 Å². The Morgan fingerprint density at radius 3 is 2.48 bits per heavy atom. The van der Waals surface area contributed by atoms with E-state index in [2.05, 4.69) is 24.5 Å². The first-order chi connectivity index (χ1) is 11.0. The summed E-state index contributed by atoms with van der Waals surface area (Å²) in [5.41, 5.74) is 0.876. The van der Waals surface area contributed by atoms with Crippen LogP contribution in [0.3, 0.4) is 0 Å². The molecule has 2 N–H and O–H groups in total. The number of halogens is 1. The maximum Gasteiger partial charge on any atom is 0.194 e. The lowest BCUT2D eigenvalue weighted by atomic mass is 9.99. The van der Waals surface area contributed by atoms with Crippen LogP contribution >= 0.6 is 12.2 Å². The van der Waals surface area contributed by atoms with Crippen molar-refractivity contribution in [3.8, 4) is 0 Å². The molecule has 0 spiro atoms. The van der Waals surface area contributed by atoms with E-state index in [-0.39, 0.29) is 5.82 Å². The molecule has 23 heavy (non-hydrogen) atoms. The lowest BCUT2D eigenvalue weighted by Gasteiger charge is -2.28. The van der Waals surface area contributed by atoms with E-state index in [0.29, 0.717) is 24.4 Å². The first-order valence-electron chi connectivity index (χ1n) is 8.10. The third-order valence-corrected chi connectivity index (χ3v) is 3.94. The van der Waals surface area contributed by atoms with E-state index >= 15 is 0 Å². The van der Waals surface area contributed by atoms with Gasteiger partial charge in [0.25, 0.3) is 0 Å². The molecule has 0 bridgehead atoms. The quantitative estimate of drug-likeness (QED) is 0.590. The molecule has 0 amide bonds. The normalized spacial score (nSPS) is 16.5. The summed E-state index contributed by atoms with van der Waals surface area (Å²) in [5, 5.41) is 7.02. The van der Waals surface area contributed by atoms with Crippen LogP contribution in [0.15, 0.2) is 24.3 Å². The van der Waals surface area contributed by atoms with Gasteiger partial charge in [-0.25, -0.2) is 4.39 Å². The molecule has 0 radical (unpaired) electrons. The minimum Gasteiger partial charge on any atom is -0.363 e. The summed E-state index contributed by atoms with van der Waals surface area (Å²) in [5.74, 6) is -0.984. The van der Waals surface area contributed by atoms with Gasteiger partial charge in [-0.2, -0.15) is 0 Å². The average molecular weight is 340 g/mol. The van der Waals surface area contributed by atoms with E-state index in [1.165, 1.54) is 12.1 Å². The van der Waals surface area contributed by atoms with E-state index in [1.807, 2.05) is 0 Å². The Kier molecular flexibility index (Phi) is 6.74. The van der Waals surface area contributed by atoms with E-state index < -0.39 is 5.79 Å². The van der Waals surface area contributed by atoms with Gasteiger partial charge in [0, 0.05) is 24.6 Å². The molecule has 0 saturated carbocycles. The lowest BCUT2D eigenvalue weighted by Crippen LogP contribution is -2.39. The second kappa shape index (κ2) is 8.57. The minimum absolute atomic E-state index is 0.253. The van der Waals surface area contributed by atoms with Crippen LogP contribution < -0.4 is 10.6 Å². The fourth-order valence-electron chi connectivity index (χ4n) is 2.61. The molecule has 0 unspecified atom stereocenters. The molecule has 1 aromatic rings. The molecule has 1 fully saturated rings. The van der Waals surface area contributed by atoms with Crippen molar-refractivity contribution in [3.63, 3.8) is 0 Å². The standard InChI is InChI=1S/C17H25FN2O2S/c1-13(2)20-16(23)19-10-4-3-9-17(21-11-12-22-17)14-5-7-15(18)8-6-14/h5-8,13H,3-4,9-12H2,1-2H3,(H2,19,20,23). The summed E-state index contributed by atoms with van der Waals surface area (Å²) in [6, 6.07) is 6.69. The van der Waals surface area contributed by atoms with Crippen LogP contribution in [0.4, 0.5) is 4.39 Å². The zero-order chi connectivity index (χ0) is 16.7. The van der Waals surface area contributed by atoms with Gasteiger partial charge in [-0.15, -0.1) is 0 Å². The number of nitrogens with one attached hydrogen (secondary N) is 2. The zero-order valence-electron chi connectivity index (χ0n) is 13.7. The smallest absolute Gasteiger partial charge is 0.194 e. The highest BCUT2D eigenvalue weighted by molar-refractivity contribution is 7.80. The van der Waals surface area contributed by atoms with Gasteiger partial charge in [-0.05, 0) is 51.0 Å². The van der Waals surface area contributed by atoms with Gasteiger partial charge in [-0.1, -0.05) is 12.1 Å². The predicted octanol–water partition coefficient (Wildman–Crippen LogP) is 3.07. The van der Waals surface area contributed by atoms with Gasteiger partial charge in [0.15, 0.2) is 10.9 Å². The van der Waals surface area contributed by atoms with Crippen LogP contribution in [0.25, 0.3) is 0 Å². The molecule has 0 aromatic heterocycles. The third-order valence-electron chi connectivity index (χ3n) is 3.68. The number of ether oxygens (including phenoxy) is 2. The van der Waals surface area contributed by atoms with Crippen LogP contribution in [0.2, 0.25) is 0 Å². The Hall–Kier alpha value is -1.24. The summed E-state index contributed by atoms with van der Waals surface area (Å²) in [6.07, 6.45) is 2.62. The van der Waals surface area contributed by atoms with Crippen molar-refractivity contribution < 1.29 is 13.9 Å². The van der Waals surface area contributed by atoms with Crippen molar-refractivity contribution in [2.45, 2.75) is 44.9 Å². The van der Waals surface area contributed by atoms with Crippen LogP contribution in [-0.2, 0) is 15.3 Å². The Bertz CT molecular complexity index is 502. The highest BCUT2D eigenvalue weighted by Gasteiger charge is 2.37. The number of rotatable bonds is 7. The molecule has 0 atom stereocenters. The Balaban J connectivity index is 1.79. The van der Waals surface area contributed by atoms with Crippen molar-refractivity contribution in [2.24, 2.45) is 0 Å². The zero-order valence-corrected chi connectivity index (χ0v) is 14.5. The molecule has 1 aliphatic rings. The second-order valence-corrected chi connectivity index (χ2v) is 6.38. The van der Waals surface area contributed by atoms with Crippen molar-refractivity contribution >= 4 is 17.3 Å². The monoisotopic (exact) mass is 340 g/mol.